The quantitative estimate of drug-likeness (QED) is 0.184. The summed E-state index contributed by atoms with van der Waals surface area (Å²) in [6.45, 7) is 1.52. The highest BCUT2D eigenvalue weighted by molar-refractivity contribution is 6.31. The van der Waals surface area contributed by atoms with Crippen LogP contribution in [-0.2, 0) is 11.3 Å². The van der Waals surface area contributed by atoms with Crippen molar-refractivity contribution in [1.82, 2.24) is 20.8 Å². The van der Waals surface area contributed by atoms with Crippen LogP contribution in [0.2, 0.25) is 5.02 Å². The number of aromatic nitrogens is 2. The standard InChI is InChI=1S/C19H19ClF3N5O2/c1-30-6-2-5-24-9-15-26-17-11(8-14(22)16(23)18(17)27-15)19(28-29)25-10-3-4-13(21)12(20)7-10/h3-4,7-8,24,29H,2,5-6,9H2,1H3,(H,25,28)(H,26,27). The summed E-state index contributed by atoms with van der Waals surface area (Å²) in [6.07, 6.45) is 0.774. The molecule has 7 nitrogen and oxygen atoms in total. The van der Waals surface area contributed by atoms with Gasteiger partial charge in [-0.05, 0) is 37.2 Å². The van der Waals surface area contributed by atoms with Crippen LogP contribution in [-0.4, -0.2) is 41.3 Å². The first kappa shape index (κ1) is 22.0. The van der Waals surface area contributed by atoms with E-state index in [4.69, 9.17) is 16.3 Å². The summed E-state index contributed by atoms with van der Waals surface area (Å²) in [6, 6.07) is 4.50. The van der Waals surface area contributed by atoms with E-state index in [9.17, 15) is 18.4 Å². The summed E-state index contributed by atoms with van der Waals surface area (Å²) < 4.78 is 46.8. The minimum atomic E-state index is -1.15. The molecule has 0 atom stereocenters. The Kier molecular flexibility index (Phi) is 7.27. The number of aromatic amines is 1. The highest BCUT2D eigenvalue weighted by Crippen LogP contribution is 2.26. The number of halogens is 4. The zero-order valence-corrected chi connectivity index (χ0v) is 16.7. The number of ether oxygens (including phenoxy) is 1. The van der Waals surface area contributed by atoms with Gasteiger partial charge in [-0.15, -0.1) is 0 Å². The van der Waals surface area contributed by atoms with E-state index in [-0.39, 0.29) is 39.7 Å². The summed E-state index contributed by atoms with van der Waals surface area (Å²) >= 11 is 5.74. The fourth-order valence-corrected chi connectivity index (χ4v) is 2.97. The molecule has 0 amide bonds. The lowest BCUT2D eigenvalue weighted by Crippen LogP contribution is -2.21. The Hall–Kier alpha value is -2.66. The van der Waals surface area contributed by atoms with Crippen LogP contribution >= 0.6 is 11.6 Å². The predicted octanol–water partition coefficient (Wildman–Crippen LogP) is 3.82. The van der Waals surface area contributed by atoms with E-state index in [0.717, 1.165) is 18.6 Å². The Morgan fingerprint density at radius 3 is 2.77 bits per heavy atom. The van der Waals surface area contributed by atoms with Crippen molar-refractivity contribution < 1.29 is 23.1 Å². The zero-order valence-electron chi connectivity index (χ0n) is 15.9. The Morgan fingerprint density at radius 2 is 2.07 bits per heavy atom. The lowest BCUT2D eigenvalue weighted by atomic mass is 10.1. The number of nitrogens with zero attached hydrogens (tertiary/aromatic N) is 2. The highest BCUT2D eigenvalue weighted by Gasteiger charge is 2.20. The number of rotatable bonds is 8. The first-order chi connectivity index (χ1) is 14.4. The van der Waals surface area contributed by atoms with Crippen LogP contribution in [0.25, 0.3) is 11.0 Å². The van der Waals surface area contributed by atoms with Gasteiger partial charge in [-0.1, -0.05) is 11.6 Å². The van der Waals surface area contributed by atoms with E-state index in [1.54, 1.807) is 7.11 Å². The number of aliphatic imine (C=N–C) groups is 1. The fraction of sp³-hybridized carbons (Fsp3) is 0.263. The van der Waals surface area contributed by atoms with Crippen molar-refractivity contribution in [1.29, 1.82) is 0 Å². The number of hydrogen-bond acceptors (Lipinski definition) is 5. The molecule has 1 heterocycles. The smallest absolute Gasteiger partial charge is 0.184 e. The monoisotopic (exact) mass is 441 g/mol. The Balaban J connectivity index is 1.97. The molecule has 30 heavy (non-hydrogen) atoms. The molecule has 0 fully saturated rings. The maximum Gasteiger partial charge on any atom is 0.184 e. The van der Waals surface area contributed by atoms with Gasteiger partial charge in [0.05, 0.1) is 22.8 Å². The van der Waals surface area contributed by atoms with Gasteiger partial charge in [-0.3, -0.25) is 10.7 Å². The first-order valence-corrected chi connectivity index (χ1v) is 9.32. The molecule has 0 radical (unpaired) electrons. The van der Waals surface area contributed by atoms with Gasteiger partial charge in [0.25, 0.3) is 0 Å². The van der Waals surface area contributed by atoms with Crippen molar-refractivity contribution >= 4 is 34.2 Å². The van der Waals surface area contributed by atoms with Crippen LogP contribution in [0, 0.1) is 17.5 Å². The molecule has 0 aliphatic heterocycles. The molecule has 0 unspecified atom stereocenters. The molecule has 160 valence electrons. The molecule has 11 heteroatoms. The lowest BCUT2D eigenvalue weighted by Gasteiger charge is -2.07. The maximum absolute atomic E-state index is 14.3. The van der Waals surface area contributed by atoms with Crippen LogP contribution in [0.5, 0.6) is 0 Å². The predicted molar refractivity (Wildman–Crippen MR) is 107 cm³/mol. The number of H-pyrrole nitrogens is 1. The molecule has 0 aliphatic carbocycles. The SMILES string of the molecule is COCCCNCc1nc2c(C(=Nc3ccc(F)c(Cl)c3)NO)cc(F)c(F)c2[nH]1. The minimum Gasteiger partial charge on any atom is -0.385 e. The molecule has 0 aliphatic rings. The number of methoxy groups -OCH3 is 1. The molecule has 1 aromatic heterocycles. The number of nitrogens with one attached hydrogen (secondary N) is 3. The number of amidine groups is 1. The Labute approximate surface area is 174 Å². The van der Waals surface area contributed by atoms with Crippen molar-refractivity contribution in [3.8, 4) is 0 Å². The highest BCUT2D eigenvalue weighted by atomic mass is 35.5. The van der Waals surface area contributed by atoms with Crippen LogP contribution in [0.15, 0.2) is 29.3 Å². The number of hydroxylamine groups is 1. The van der Waals surface area contributed by atoms with Gasteiger partial charge in [0.2, 0.25) is 0 Å². The van der Waals surface area contributed by atoms with E-state index in [1.807, 2.05) is 5.48 Å². The summed E-state index contributed by atoms with van der Waals surface area (Å²) in [4.78, 5) is 11.1. The van der Waals surface area contributed by atoms with Crippen LogP contribution in [0.3, 0.4) is 0 Å². The molecule has 0 saturated heterocycles. The summed E-state index contributed by atoms with van der Waals surface area (Å²) in [7, 11) is 1.60. The third kappa shape index (κ3) is 4.90. The minimum absolute atomic E-state index is 0.00808. The van der Waals surface area contributed by atoms with Crippen LogP contribution in [0.1, 0.15) is 17.8 Å². The first-order valence-electron chi connectivity index (χ1n) is 8.95. The van der Waals surface area contributed by atoms with Gasteiger partial charge in [0.15, 0.2) is 17.5 Å². The number of imidazole rings is 1. The third-order valence-electron chi connectivity index (χ3n) is 4.21. The summed E-state index contributed by atoms with van der Waals surface area (Å²) in [5.74, 6) is -2.74. The Bertz CT molecular complexity index is 1070. The van der Waals surface area contributed by atoms with Gasteiger partial charge in [-0.25, -0.2) is 23.1 Å². The van der Waals surface area contributed by atoms with Crippen molar-refractivity contribution in [2.24, 2.45) is 4.99 Å². The largest absolute Gasteiger partial charge is 0.385 e. The topological polar surface area (TPSA) is 94.6 Å². The van der Waals surface area contributed by atoms with E-state index >= 15 is 0 Å². The van der Waals surface area contributed by atoms with Gasteiger partial charge in [-0.2, -0.15) is 0 Å². The summed E-state index contributed by atoms with van der Waals surface area (Å²) in [5, 5.41) is 12.5. The zero-order chi connectivity index (χ0) is 21.7. The molecule has 0 spiro atoms. The molecule has 0 bridgehead atoms. The normalized spacial score (nSPS) is 12.0. The molecule has 2 aromatic carbocycles. The molecular weight excluding hydrogens is 423 g/mol. The molecule has 3 aromatic rings. The molecule has 0 saturated carbocycles. The average molecular weight is 442 g/mol. The van der Waals surface area contributed by atoms with E-state index in [2.05, 4.69) is 20.3 Å². The number of fused-ring (bicyclic) bond motifs is 1. The number of hydrogen-bond donors (Lipinski definition) is 4. The van der Waals surface area contributed by atoms with Crippen LogP contribution < -0.4 is 10.8 Å². The lowest BCUT2D eigenvalue weighted by molar-refractivity contribution is 0.194. The van der Waals surface area contributed by atoms with Gasteiger partial charge < -0.3 is 15.0 Å². The van der Waals surface area contributed by atoms with Crippen LogP contribution in [0.4, 0.5) is 18.9 Å². The van der Waals surface area contributed by atoms with Crippen molar-refractivity contribution in [2.45, 2.75) is 13.0 Å². The van der Waals surface area contributed by atoms with E-state index in [0.29, 0.717) is 19.0 Å². The van der Waals surface area contributed by atoms with Crippen molar-refractivity contribution in [3.63, 3.8) is 0 Å². The second kappa shape index (κ2) is 9.90. The summed E-state index contributed by atoms with van der Waals surface area (Å²) in [5.41, 5.74) is 1.95. The second-order valence-electron chi connectivity index (χ2n) is 6.32. The van der Waals surface area contributed by atoms with Gasteiger partial charge in [0, 0.05) is 13.7 Å². The van der Waals surface area contributed by atoms with Gasteiger partial charge >= 0.3 is 0 Å². The second-order valence-corrected chi connectivity index (χ2v) is 6.73. The average Bonchev–Trinajstić information content (AvgIpc) is 3.16. The maximum atomic E-state index is 14.3. The van der Waals surface area contributed by atoms with E-state index < -0.39 is 17.5 Å². The molecule has 3 rings (SSSR count). The fourth-order valence-electron chi connectivity index (χ4n) is 2.80. The molecular formula is C19H19ClF3N5O2. The number of benzene rings is 2. The molecule has 4 N–H and O–H groups in total. The Morgan fingerprint density at radius 1 is 1.27 bits per heavy atom. The van der Waals surface area contributed by atoms with E-state index in [1.165, 1.54) is 12.1 Å². The third-order valence-corrected chi connectivity index (χ3v) is 4.50. The van der Waals surface area contributed by atoms with Crippen molar-refractivity contribution in [2.75, 3.05) is 20.3 Å². The van der Waals surface area contributed by atoms with Crippen molar-refractivity contribution in [3.05, 3.63) is 58.1 Å². The van der Waals surface area contributed by atoms with Gasteiger partial charge in [0.1, 0.15) is 22.7 Å².